The average molecular weight is 208 g/mol. The van der Waals surface area contributed by atoms with Gasteiger partial charge < -0.3 is 16.0 Å². The highest BCUT2D eigenvalue weighted by Crippen LogP contribution is 2.11. The Morgan fingerprint density at radius 2 is 2.27 bits per heavy atom. The van der Waals surface area contributed by atoms with E-state index in [4.69, 9.17) is 5.73 Å². The lowest BCUT2D eigenvalue weighted by atomic mass is 10.3. The van der Waals surface area contributed by atoms with Crippen LogP contribution in [-0.2, 0) is 4.79 Å². The zero-order valence-electron chi connectivity index (χ0n) is 9.03. The van der Waals surface area contributed by atoms with Crippen LogP contribution in [0.25, 0.3) is 0 Å². The standard InChI is InChI=1S/C10H16N4O/c1-14(2)8-3-4-9(12-7-8)13-10(15)5-6-11/h3-4,7H,5-6,11H2,1-2H3,(H,12,13,15). The monoisotopic (exact) mass is 208 g/mol. The Morgan fingerprint density at radius 3 is 2.73 bits per heavy atom. The first-order valence-electron chi connectivity index (χ1n) is 4.77. The molecule has 0 aliphatic heterocycles. The molecule has 0 saturated carbocycles. The van der Waals surface area contributed by atoms with Gasteiger partial charge in [0.1, 0.15) is 5.82 Å². The van der Waals surface area contributed by atoms with E-state index < -0.39 is 0 Å². The van der Waals surface area contributed by atoms with Gasteiger partial charge in [0.15, 0.2) is 0 Å². The summed E-state index contributed by atoms with van der Waals surface area (Å²) in [5, 5.41) is 2.66. The van der Waals surface area contributed by atoms with Gasteiger partial charge in [-0.1, -0.05) is 0 Å². The summed E-state index contributed by atoms with van der Waals surface area (Å²) in [7, 11) is 3.87. The molecule has 1 heterocycles. The van der Waals surface area contributed by atoms with Gasteiger partial charge in [0, 0.05) is 27.1 Å². The molecule has 0 unspecified atom stereocenters. The minimum atomic E-state index is -0.109. The number of nitrogens with zero attached hydrogens (tertiary/aromatic N) is 2. The normalized spacial score (nSPS) is 9.80. The Bertz CT molecular complexity index is 321. The minimum absolute atomic E-state index is 0.109. The fourth-order valence-electron chi connectivity index (χ4n) is 1.06. The van der Waals surface area contributed by atoms with Crippen molar-refractivity contribution in [2.45, 2.75) is 6.42 Å². The number of hydrogen-bond donors (Lipinski definition) is 2. The lowest BCUT2D eigenvalue weighted by Gasteiger charge is -2.12. The first kappa shape index (κ1) is 11.5. The number of hydrogen-bond acceptors (Lipinski definition) is 4. The zero-order valence-corrected chi connectivity index (χ0v) is 9.03. The second-order valence-corrected chi connectivity index (χ2v) is 3.38. The molecule has 5 nitrogen and oxygen atoms in total. The van der Waals surface area contributed by atoms with Gasteiger partial charge in [0.05, 0.1) is 11.9 Å². The average Bonchev–Trinajstić information content (AvgIpc) is 2.18. The summed E-state index contributed by atoms with van der Waals surface area (Å²) in [5.74, 6) is 0.446. The third-order valence-corrected chi connectivity index (χ3v) is 1.90. The van der Waals surface area contributed by atoms with Crippen molar-refractivity contribution in [3.63, 3.8) is 0 Å². The van der Waals surface area contributed by atoms with E-state index in [1.54, 1.807) is 12.3 Å². The summed E-state index contributed by atoms with van der Waals surface area (Å²) in [6.45, 7) is 0.349. The van der Waals surface area contributed by atoms with E-state index >= 15 is 0 Å². The molecule has 0 aliphatic rings. The third kappa shape index (κ3) is 3.55. The molecule has 1 aromatic rings. The summed E-state index contributed by atoms with van der Waals surface area (Å²) >= 11 is 0. The van der Waals surface area contributed by atoms with Gasteiger partial charge in [-0.25, -0.2) is 4.98 Å². The van der Waals surface area contributed by atoms with E-state index in [1.807, 2.05) is 25.1 Å². The van der Waals surface area contributed by atoms with Gasteiger partial charge in [-0.05, 0) is 12.1 Å². The topological polar surface area (TPSA) is 71.2 Å². The third-order valence-electron chi connectivity index (χ3n) is 1.90. The number of pyridine rings is 1. The SMILES string of the molecule is CN(C)c1ccc(NC(=O)CCN)nc1. The fourth-order valence-corrected chi connectivity index (χ4v) is 1.06. The van der Waals surface area contributed by atoms with Crippen LogP contribution in [0.5, 0.6) is 0 Å². The number of anilines is 2. The molecule has 0 bridgehead atoms. The summed E-state index contributed by atoms with van der Waals surface area (Å²) in [4.78, 5) is 17.2. The Balaban J connectivity index is 2.60. The number of nitrogens with one attached hydrogen (secondary N) is 1. The van der Waals surface area contributed by atoms with Crippen molar-refractivity contribution in [3.05, 3.63) is 18.3 Å². The van der Waals surface area contributed by atoms with E-state index in [1.165, 1.54) is 0 Å². The molecule has 1 rings (SSSR count). The van der Waals surface area contributed by atoms with Gasteiger partial charge in [-0.2, -0.15) is 0 Å². The van der Waals surface area contributed by atoms with Crippen LogP contribution < -0.4 is 16.0 Å². The highest BCUT2D eigenvalue weighted by molar-refractivity contribution is 5.89. The van der Waals surface area contributed by atoms with Crippen LogP contribution in [-0.4, -0.2) is 31.5 Å². The van der Waals surface area contributed by atoms with Gasteiger partial charge in [-0.15, -0.1) is 0 Å². The largest absolute Gasteiger partial charge is 0.376 e. The van der Waals surface area contributed by atoms with Crippen molar-refractivity contribution < 1.29 is 4.79 Å². The van der Waals surface area contributed by atoms with Crippen molar-refractivity contribution in [3.8, 4) is 0 Å². The molecule has 0 saturated heterocycles. The quantitative estimate of drug-likeness (QED) is 0.753. The van der Waals surface area contributed by atoms with Gasteiger partial charge in [0.2, 0.25) is 5.91 Å². The number of carbonyl (C=O) groups is 1. The molecule has 1 aromatic heterocycles. The molecular formula is C10H16N4O. The molecule has 0 fully saturated rings. The van der Waals surface area contributed by atoms with Crippen LogP contribution in [0.4, 0.5) is 11.5 Å². The van der Waals surface area contributed by atoms with Crippen LogP contribution in [0.1, 0.15) is 6.42 Å². The van der Waals surface area contributed by atoms with Crippen molar-refractivity contribution in [2.24, 2.45) is 5.73 Å². The zero-order chi connectivity index (χ0) is 11.3. The van der Waals surface area contributed by atoms with Crippen LogP contribution >= 0.6 is 0 Å². The van der Waals surface area contributed by atoms with Gasteiger partial charge >= 0.3 is 0 Å². The maximum absolute atomic E-state index is 11.2. The van der Waals surface area contributed by atoms with Gasteiger partial charge in [0.25, 0.3) is 0 Å². The number of aromatic nitrogens is 1. The molecule has 0 aromatic carbocycles. The molecule has 5 heteroatoms. The van der Waals surface area contributed by atoms with Crippen LogP contribution in [0.3, 0.4) is 0 Å². The highest BCUT2D eigenvalue weighted by Gasteiger charge is 2.02. The Hall–Kier alpha value is -1.62. The minimum Gasteiger partial charge on any atom is -0.376 e. The number of amides is 1. The Kier molecular flexibility index (Phi) is 4.05. The number of nitrogens with two attached hydrogens (primary N) is 1. The van der Waals surface area contributed by atoms with Crippen molar-refractivity contribution in [2.75, 3.05) is 30.9 Å². The van der Waals surface area contributed by atoms with Crippen LogP contribution in [0.15, 0.2) is 18.3 Å². The van der Waals surface area contributed by atoms with Crippen LogP contribution in [0.2, 0.25) is 0 Å². The molecule has 0 aliphatic carbocycles. The maximum atomic E-state index is 11.2. The summed E-state index contributed by atoms with van der Waals surface area (Å²) < 4.78 is 0. The Labute approximate surface area is 89.3 Å². The fraction of sp³-hybridized carbons (Fsp3) is 0.400. The summed E-state index contributed by atoms with van der Waals surface area (Å²) in [6, 6.07) is 3.66. The summed E-state index contributed by atoms with van der Waals surface area (Å²) in [5.41, 5.74) is 6.25. The van der Waals surface area contributed by atoms with Crippen molar-refractivity contribution in [1.29, 1.82) is 0 Å². The lowest BCUT2D eigenvalue weighted by Crippen LogP contribution is -2.17. The number of rotatable bonds is 4. The van der Waals surface area contributed by atoms with Crippen LogP contribution in [0, 0.1) is 0 Å². The molecular weight excluding hydrogens is 192 g/mol. The highest BCUT2D eigenvalue weighted by atomic mass is 16.1. The second-order valence-electron chi connectivity index (χ2n) is 3.38. The van der Waals surface area contributed by atoms with Gasteiger partial charge in [-0.3, -0.25) is 4.79 Å². The Morgan fingerprint density at radius 1 is 1.53 bits per heavy atom. The summed E-state index contributed by atoms with van der Waals surface area (Å²) in [6.07, 6.45) is 2.02. The molecule has 3 N–H and O–H groups in total. The second kappa shape index (κ2) is 5.31. The smallest absolute Gasteiger partial charge is 0.226 e. The molecule has 82 valence electrons. The molecule has 1 amide bonds. The molecule has 0 radical (unpaired) electrons. The van der Waals surface area contributed by atoms with E-state index in [2.05, 4.69) is 10.3 Å². The molecule has 0 atom stereocenters. The van der Waals surface area contributed by atoms with Crippen molar-refractivity contribution in [1.82, 2.24) is 4.98 Å². The molecule has 15 heavy (non-hydrogen) atoms. The first-order chi connectivity index (χ1) is 7.13. The van der Waals surface area contributed by atoms with E-state index in [-0.39, 0.29) is 5.91 Å². The van der Waals surface area contributed by atoms with E-state index in [0.717, 1.165) is 5.69 Å². The molecule has 0 spiro atoms. The first-order valence-corrected chi connectivity index (χ1v) is 4.77. The predicted molar refractivity (Wildman–Crippen MR) is 60.9 cm³/mol. The van der Waals surface area contributed by atoms with E-state index in [0.29, 0.717) is 18.8 Å². The maximum Gasteiger partial charge on any atom is 0.226 e. The number of carbonyl (C=O) groups excluding carboxylic acids is 1. The predicted octanol–water partition coefficient (Wildman–Crippen LogP) is 0.435. The van der Waals surface area contributed by atoms with Crippen molar-refractivity contribution >= 4 is 17.4 Å². The van der Waals surface area contributed by atoms with E-state index in [9.17, 15) is 4.79 Å². The lowest BCUT2D eigenvalue weighted by molar-refractivity contribution is -0.116.